The van der Waals surface area contributed by atoms with Gasteiger partial charge in [-0.05, 0) is 17.7 Å². The van der Waals surface area contributed by atoms with Crippen molar-refractivity contribution >= 4 is 23.2 Å². The van der Waals surface area contributed by atoms with Crippen LogP contribution in [-0.2, 0) is 11.4 Å². The summed E-state index contributed by atoms with van der Waals surface area (Å²) in [4.78, 5) is 12.4. The first kappa shape index (κ1) is 11.8. The van der Waals surface area contributed by atoms with Gasteiger partial charge in [0.05, 0.1) is 23.9 Å². The van der Waals surface area contributed by atoms with E-state index in [0.29, 0.717) is 10.7 Å². The number of nitrogens with zero attached hydrogens (tertiary/aromatic N) is 1. The number of carbonyl (C=O) groups is 1. The van der Waals surface area contributed by atoms with Gasteiger partial charge in [-0.15, -0.1) is 0 Å². The fourth-order valence-electron chi connectivity index (χ4n) is 1.28. The number of aliphatic hydroxyl groups is 1. The van der Waals surface area contributed by atoms with Gasteiger partial charge in [0, 0.05) is 7.05 Å². The molecule has 0 aromatic heterocycles. The Hall–Kier alpha value is -1.26. The molecule has 0 aliphatic heterocycles. The van der Waals surface area contributed by atoms with E-state index >= 15 is 0 Å². The Morgan fingerprint density at radius 3 is 2.73 bits per heavy atom. The maximum absolute atomic E-state index is 10.7. The fourth-order valence-corrected chi connectivity index (χ4v) is 1.62. The molecular formula is C10H13ClN2O2. The monoisotopic (exact) mass is 228 g/mol. The smallest absolute Gasteiger partial charge is 0.236 e. The van der Waals surface area contributed by atoms with E-state index < -0.39 is 5.91 Å². The number of likely N-dealkylation sites (N-methyl/N-ethyl adjacent to an activating group) is 1. The zero-order valence-electron chi connectivity index (χ0n) is 8.40. The SMILES string of the molecule is CN(CC(N)=O)c1ccc(CO)cc1Cl. The van der Waals surface area contributed by atoms with Crippen molar-refractivity contribution in [3.63, 3.8) is 0 Å². The van der Waals surface area contributed by atoms with Gasteiger partial charge in [-0.1, -0.05) is 17.7 Å². The first-order chi connectivity index (χ1) is 7.04. The highest BCUT2D eigenvalue weighted by molar-refractivity contribution is 6.33. The predicted molar refractivity (Wildman–Crippen MR) is 59.8 cm³/mol. The van der Waals surface area contributed by atoms with E-state index in [0.717, 1.165) is 5.56 Å². The van der Waals surface area contributed by atoms with E-state index in [9.17, 15) is 4.79 Å². The number of benzene rings is 1. The molecule has 0 atom stereocenters. The highest BCUT2D eigenvalue weighted by Crippen LogP contribution is 2.25. The van der Waals surface area contributed by atoms with Gasteiger partial charge in [-0.3, -0.25) is 4.79 Å². The second-order valence-electron chi connectivity index (χ2n) is 3.27. The lowest BCUT2D eigenvalue weighted by Gasteiger charge is -2.19. The molecular weight excluding hydrogens is 216 g/mol. The summed E-state index contributed by atoms with van der Waals surface area (Å²) in [6.07, 6.45) is 0. The number of halogens is 1. The molecule has 0 bridgehead atoms. The third-order valence-corrected chi connectivity index (χ3v) is 2.30. The predicted octanol–water partition coefficient (Wildman–Crippen LogP) is 0.754. The number of aliphatic hydroxyl groups excluding tert-OH is 1. The number of amides is 1. The summed E-state index contributed by atoms with van der Waals surface area (Å²) in [5, 5.41) is 9.38. The minimum Gasteiger partial charge on any atom is -0.392 e. The van der Waals surface area contributed by atoms with Gasteiger partial charge < -0.3 is 15.7 Å². The van der Waals surface area contributed by atoms with Crippen LogP contribution in [0.25, 0.3) is 0 Å². The second-order valence-corrected chi connectivity index (χ2v) is 3.67. The van der Waals surface area contributed by atoms with Crippen LogP contribution in [0.4, 0.5) is 5.69 Å². The quantitative estimate of drug-likeness (QED) is 0.800. The molecule has 1 aromatic carbocycles. The number of hydrogen-bond donors (Lipinski definition) is 2. The highest BCUT2D eigenvalue weighted by Gasteiger charge is 2.08. The maximum Gasteiger partial charge on any atom is 0.236 e. The lowest BCUT2D eigenvalue weighted by atomic mass is 10.2. The van der Waals surface area contributed by atoms with Crippen molar-refractivity contribution in [1.82, 2.24) is 0 Å². The molecule has 1 rings (SSSR count). The van der Waals surface area contributed by atoms with Gasteiger partial charge >= 0.3 is 0 Å². The average molecular weight is 229 g/mol. The van der Waals surface area contributed by atoms with Crippen molar-refractivity contribution in [2.24, 2.45) is 5.73 Å². The molecule has 1 amide bonds. The van der Waals surface area contributed by atoms with Crippen LogP contribution in [0.15, 0.2) is 18.2 Å². The normalized spacial score (nSPS) is 10.1. The van der Waals surface area contributed by atoms with E-state index in [1.54, 1.807) is 30.1 Å². The first-order valence-electron chi connectivity index (χ1n) is 4.43. The van der Waals surface area contributed by atoms with Crippen LogP contribution in [0.3, 0.4) is 0 Å². The van der Waals surface area contributed by atoms with Crippen molar-refractivity contribution in [3.8, 4) is 0 Å². The number of hydrogen-bond acceptors (Lipinski definition) is 3. The molecule has 3 N–H and O–H groups in total. The van der Waals surface area contributed by atoms with Gasteiger partial charge in [0.1, 0.15) is 0 Å². The third-order valence-electron chi connectivity index (χ3n) is 2.00. The molecule has 0 saturated carbocycles. The summed E-state index contributed by atoms with van der Waals surface area (Å²) >= 11 is 5.98. The third kappa shape index (κ3) is 3.11. The van der Waals surface area contributed by atoms with Crippen LogP contribution in [0, 0.1) is 0 Å². The Balaban J connectivity index is 2.90. The van der Waals surface area contributed by atoms with E-state index in [4.69, 9.17) is 22.4 Å². The first-order valence-corrected chi connectivity index (χ1v) is 4.81. The average Bonchev–Trinajstić information content (AvgIpc) is 2.16. The van der Waals surface area contributed by atoms with Crippen molar-refractivity contribution in [3.05, 3.63) is 28.8 Å². The molecule has 5 heteroatoms. The van der Waals surface area contributed by atoms with E-state index in [1.165, 1.54) is 0 Å². The molecule has 0 saturated heterocycles. The Morgan fingerprint density at radius 2 is 2.27 bits per heavy atom. The summed E-state index contributed by atoms with van der Waals surface area (Å²) < 4.78 is 0. The Labute approximate surface area is 93.2 Å². The molecule has 82 valence electrons. The minimum absolute atomic E-state index is 0.0560. The van der Waals surface area contributed by atoms with Crippen LogP contribution in [0.1, 0.15) is 5.56 Å². The lowest BCUT2D eigenvalue weighted by molar-refractivity contribution is -0.116. The van der Waals surface area contributed by atoms with Crippen LogP contribution in [0.2, 0.25) is 5.02 Å². The number of primary amides is 1. The molecule has 15 heavy (non-hydrogen) atoms. The van der Waals surface area contributed by atoms with Gasteiger partial charge in [0.15, 0.2) is 0 Å². The molecule has 0 spiro atoms. The number of rotatable bonds is 4. The van der Waals surface area contributed by atoms with Crippen molar-refractivity contribution in [2.45, 2.75) is 6.61 Å². The number of nitrogens with two attached hydrogens (primary N) is 1. The van der Waals surface area contributed by atoms with Gasteiger partial charge in [0.25, 0.3) is 0 Å². The number of anilines is 1. The largest absolute Gasteiger partial charge is 0.392 e. The molecule has 0 radical (unpaired) electrons. The minimum atomic E-state index is -0.417. The zero-order valence-corrected chi connectivity index (χ0v) is 9.16. The van der Waals surface area contributed by atoms with Crippen molar-refractivity contribution in [2.75, 3.05) is 18.5 Å². The summed E-state index contributed by atoms with van der Waals surface area (Å²) in [5.41, 5.74) is 6.52. The van der Waals surface area contributed by atoms with Crippen LogP contribution < -0.4 is 10.6 Å². The van der Waals surface area contributed by atoms with E-state index in [2.05, 4.69) is 0 Å². The topological polar surface area (TPSA) is 66.6 Å². The molecule has 0 aliphatic carbocycles. The highest BCUT2D eigenvalue weighted by atomic mass is 35.5. The molecule has 0 fully saturated rings. The Kier molecular flexibility index (Phi) is 3.94. The van der Waals surface area contributed by atoms with Crippen molar-refractivity contribution in [1.29, 1.82) is 0 Å². The summed E-state index contributed by atoms with van der Waals surface area (Å²) in [5.74, 6) is -0.417. The Morgan fingerprint density at radius 1 is 1.60 bits per heavy atom. The molecule has 0 heterocycles. The summed E-state index contributed by atoms with van der Waals surface area (Å²) in [6.45, 7) is 0.0533. The van der Waals surface area contributed by atoms with Gasteiger partial charge in [-0.2, -0.15) is 0 Å². The van der Waals surface area contributed by atoms with Crippen LogP contribution >= 0.6 is 11.6 Å². The number of carbonyl (C=O) groups excluding carboxylic acids is 1. The summed E-state index contributed by atoms with van der Waals surface area (Å²) in [6, 6.07) is 5.16. The fraction of sp³-hybridized carbons (Fsp3) is 0.300. The van der Waals surface area contributed by atoms with Crippen molar-refractivity contribution < 1.29 is 9.90 Å². The molecule has 4 nitrogen and oxygen atoms in total. The van der Waals surface area contributed by atoms with Gasteiger partial charge in [0.2, 0.25) is 5.91 Å². The van der Waals surface area contributed by atoms with E-state index in [-0.39, 0.29) is 13.2 Å². The van der Waals surface area contributed by atoms with Gasteiger partial charge in [-0.25, -0.2) is 0 Å². The standard InChI is InChI=1S/C10H13ClN2O2/c1-13(5-10(12)15)9-3-2-7(6-14)4-8(9)11/h2-4,14H,5-6H2,1H3,(H2,12,15). The molecule has 0 aliphatic rings. The lowest BCUT2D eigenvalue weighted by Crippen LogP contribution is -2.30. The maximum atomic E-state index is 10.7. The summed E-state index contributed by atoms with van der Waals surface area (Å²) in [7, 11) is 1.73. The Bertz CT molecular complexity index is 368. The molecule has 1 aromatic rings. The van der Waals surface area contributed by atoms with Crippen LogP contribution in [0.5, 0.6) is 0 Å². The zero-order chi connectivity index (χ0) is 11.4. The second kappa shape index (κ2) is 5.00. The van der Waals surface area contributed by atoms with Crippen LogP contribution in [-0.4, -0.2) is 24.6 Å². The van der Waals surface area contributed by atoms with E-state index in [1.807, 2.05) is 0 Å². The molecule has 0 unspecified atom stereocenters.